The van der Waals surface area contributed by atoms with Gasteiger partial charge in [0.1, 0.15) is 22.4 Å². The molecule has 0 bridgehead atoms. The summed E-state index contributed by atoms with van der Waals surface area (Å²) in [5.41, 5.74) is 4.39. The number of hydrogen-bond donors (Lipinski definition) is 0. The van der Waals surface area contributed by atoms with Gasteiger partial charge in [0.25, 0.3) is 5.91 Å². The van der Waals surface area contributed by atoms with Crippen LogP contribution in [0.1, 0.15) is 11.1 Å². The van der Waals surface area contributed by atoms with Crippen LogP contribution in [0.5, 0.6) is 5.75 Å². The molecule has 2 heterocycles. The Morgan fingerprint density at radius 3 is 2.54 bits per heavy atom. The largest absolute Gasteiger partial charge is 0.489 e. The molecular formula is C27H20ClN3O2S2. The molecule has 1 aromatic heterocycles. The molecule has 4 aromatic rings. The number of rotatable bonds is 6. The fraction of sp³-hybridized carbons (Fsp3) is 0.0741. The molecule has 0 radical (unpaired) electrons. The molecular weight excluding hydrogens is 498 g/mol. The first-order valence-electron chi connectivity index (χ1n) is 10.8. The zero-order valence-corrected chi connectivity index (χ0v) is 21.1. The molecule has 8 heteroatoms. The van der Waals surface area contributed by atoms with Gasteiger partial charge in [-0.1, -0.05) is 78.0 Å². The van der Waals surface area contributed by atoms with E-state index >= 15 is 0 Å². The Balaban J connectivity index is 1.50. The van der Waals surface area contributed by atoms with E-state index in [4.69, 9.17) is 33.7 Å². The number of hydrogen-bond acceptors (Lipinski definition) is 5. The van der Waals surface area contributed by atoms with Gasteiger partial charge in [0.2, 0.25) is 0 Å². The number of para-hydroxylation sites is 1. The van der Waals surface area contributed by atoms with Crippen LogP contribution in [0.25, 0.3) is 23.0 Å². The van der Waals surface area contributed by atoms with Crippen LogP contribution < -0.4 is 4.74 Å². The van der Waals surface area contributed by atoms with E-state index in [9.17, 15) is 4.79 Å². The molecule has 0 aliphatic carbocycles. The van der Waals surface area contributed by atoms with Crippen LogP contribution in [0.3, 0.4) is 0 Å². The summed E-state index contributed by atoms with van der Waals surface area (Å²) in [7, 11) is 1.69. The van der Waals surface area contributed by atoms with Gasteiger partial charge in [0.15, 0.2) is 0 Å². The summed E-state index contributed by atoms with van der Waals surface area (Å²) >= 11 is 12.6. The summed E-state index contributed by atoms with van der Waals surface area (Å²) in [6, 6.07) is 25.2. The molecule has 1 aliphatic rings. The second kappa shape index (κ2) is 10.1. The van der Waals surface area contributed by atoms with Crippen LogP contribution in [0.4, 0.5) is 0 Å². The van der Waals surface area contributed by atoms with Crippen molar-refractivity contribution in [3.05, 3.63) is 106 Å². The quantitative estimate of drug-likeness (QED) is 0.213. The highest BCUT2D eigenvalue weighted by Gasteiger charge is 2.29. The van der Waals surface area contributed by atoms with Gasteiger partial charge in [0.05, 0.1) is 10.6 Å². The molecule has 174 valence electrons. The predicted molar refractivity (Wildman–Crippen MR) is 146 cm³/mol. The third kappa shape index (κ3) is 5.17. The summed E-state index contributed by atoms with van der Waals surface area (Å²) < 4.78 is 8.38. The van der Waals surface area contributed by atoms with Gasteiger partial charge >= 0.3 is 0 Å². The van der Waals surface area contributed by atoms with Gasteiger partial charge in [0, 0.05) is 29.4 Å². The number of carbonyl (C=O) groups is 1. The van der Waals surface area contributed by atoms with E-state index in [-0.39, 0.29) is 5.91 Å². The van der Waals surface area contributed by atoms with E-state index in [1.54, 1.807) is 7.05 Å². The molecule has 0 saturated carbocycles. The first kappa shape index (κ1) is 23.4. The summed E-state index contributed by atoms with van der Waals surface area (Å²) in [5, 5.41) is 5.55. The molecule has 5 rings (SSSR count). The number of nitrogens with zero attached hydrogens (tertiary/aromatic N) is 3. The normalized spacial score (nSPS) is 14.7. The van der Waals surface area contributed by atoms with Gasteiger partial charge in [-0.3, -0.25) is 9.69 Å². The van der Waals surface area contributed by atoms with Gasteiger partial charge in [-0.15, -0.1) is 0 Å². The van der Waals surface area contributed by atoms with Crippen LogP contribution in [0.2, 0.25) is 5.02 Å². The Morgan fingerprint density at radius 1 is 1.06 bits per heavy atom. The third-order valence-electron chi connectivity index (χ3n) is 5.46. The van der Waals surface area contributed by atoms with E-state index in [0.29, 0.717) is 20.9 Å². The number of thioether (sulfide) groups is 1. The number of aromatic nitrogens is 2. The number of ether oxygens (including phenoxy) is 1. The van der Waals surface area contributed by atoms with Crippen LogP contribution >= 0.6 is 35.6 Å². The van der Waals surface area contributed by atoms with Gasteiger partial charge in [-0.05, 0) is 48.0 Å². The lowest BCUT2D eigenvalue weighted by Crippen LogP contribution is -2.22. The van der Waals surface area contributed by atoms with Crippen molar-refractivity contribution in [2.24, 2.45) is 0 Å². The molecule has 0 spiro atoms. The average molecular weight is 518 g/mol. The number of halogens is 1. The number of carbonyl (C=O) groups excluding carboxylic acids is 1. The highest BCUT2D eigenvalue weighted by molar-refractivity contribution is 8.26. The van der Waals surface area contributed by atoms with Crippen molar-refractivity contribution in [2.45, 2.75) is 6.61 Å². The van der Waals surface area contributed by atoms with E-state index in [0.717, 1.165) is 33.8 Å². The van der Waals surface area contributed by atoms with Crippen LogP contribution in [0.15, 0.2) is 90.0 Å². The summed E-state index contributed by atoms with van der Waals surface area (Å²) in [6.45, 7) is 0.422. The molecule has 1 saturated heterocycles. The minimum absolute atomic E-state index is 0.113. The second-order valence-corrected chi connectivity index (χ2v) is 10.0. The van der Waals surface area contributed by atoms with Crippen molar-refractivity contribution in [2.75, 3.05) is 7.05 Å². The summed E-state index contributed by atoms with van der Waals surface area (Å²) in [6.07, 6.45) is 3.78. The standard InChI is InChI=1S/C27H20ClN3O2S2/c1-30-26(32)24(35-27(30)34)15-20-16-31(22-7-3-2-4-8-22)29-25(20)19-6-5-9-23(14-19)33-17-18-10-12-21(28)13-11-18/h2-16H,17H2,1H3/b24-15-. The fourth-order valence-electron chi connectivity index (χ4n) is 3.60. The van der Waals surface area contributed by atoms with Crippen molar-refractivity contribution in [1.29, 1.82) is 0 Å². The molecule has 3 aromatic carbocycles. The molecule has 0 unspecified atom stereocenters. The lowest BCUT2D eigenvalue weighted by molar-refractivity contribution is -0.121. The molecule has 1 amide bonds. The number of thiocarbonyl (C=S) groups is 1. The first-order chi connectivity index (χ1) is 17.0. The number of amides is 1. The van der Waals surface area contributed by atoms with Crippen LogP contribution in [0, 0.1) is 0 Å². The Labute approximate surface area is 218 Å². The van der Waals surface area contributed by atoms with Gasteiger partial charge < -0.3 is 4.74 Å². The molecule has 1 aliphatic heterocycles. The number of benzene rings is 3. The monoisotopic (exact) mass is 517 g/mol. The molecule has 35 heavy (non-hydrogen) atoms. The smallest absolute Gasteiger partial charge is 0.265 e. The Kier molecular flexibility index (Phi) is 6.72. The van der Waals surface area contributed by atoms with E-state index in [1.165, 1.54) is 16.7 Å². The Hall–Kier alpha value is -3.39. The van der Waals surface area contributed by atoms with Crippen molar-refractivity contribution >= 4 is 51.9 Å². The zero-order chi connectivity index (χ0) is 24.4. The third-order valence-corrected chi connectivity index (χ3v) is 7.20. The number of likely N-dealkylation sites (N-methyl/N-ethyl adjacent to an activating group) is 1. The predicted octanol–water partition coefficient (Wildman–Crippen LogP) is 6.60. The topological polar surface area (TPSA) is 47.4 Å². The minimum Gasteiger partial charge on any atom is -0.489 e. The molecule has 5 nitrogen and oxygen atoms in total. The summed E-state index contributed by atoms with van der Waals surface area (Å²) in [5.74, 6) is 0.607. The van der Waals surface area contributed by atoms with E-state index in [2.05, 4.69) is 0 Å². The Morgan fingerprint density at radius 2 is 1.83 bits per heavy atom. The van der Waals surface area contributed by atoms with E-state index < -0.39 is 0 Å². The van der Waals surface area contributed by atoms with Gasteiger partial charge in [-0.2, -0.15) is 5.10 Å². The fourth-order valence-corrected chi connectivity index (χ4v) is 4.89. The van der Waals surface area contributed by atoms with Crippen molar-refractivity contribution in [3.63, 3.8) is 0 Å². The van der Waals surface area contributed by atoms with Crippen LogP contribution in [-0.2, 0) is 11.4 Å². The zero-order valence-electron chi connectivity index (χ0n) is 18.7. The van der Waals surface area contributed by atoms with Crippen molar-refractivity contribution < 1.29 is 9.53 Å². The minimum atomic E-state index is -0.113. The maximum absolute atomic E-state index is 12.6. The highest BCUT2D eigenvalue weighted by atomic mass is 35.5. The summed E-state index contributed by atoms with van der Waals surface area (Å²) in [4.78, 5) is 14.7. The first-order valence-corrected chi connectivity index (χ1v) is 12.4. The molecule has 0 N–H and O–H groups in total. The SMILES string of the molecule is CN1C(=O)/C(=C/c2cn(-c3ccccc3)nc2-c2cccc(OCc3ccc(Cl)cc3)c2)SC1=S. The lowest BCUT2D eigenvalue weighted by Gasteiger charge is -2.08. The average Bonchev–Trinajstić information content (AvgIpc) is 3.41. The second-order valence-electron chi connectivity index (χ2n) is 7.90. The molecule has 1 fully saturated rings. The van der Waals surface area contributed by atoms with Crippen molar-refractivity contribution in [1.82, 2.24) is 14.7 Å². The van der Waals surface area contributed by atoms with Crippen molar-refractivity contribution in [3.8, 4) is 22.7 Å². The maximum atomic E-state index is 12.6. The Bertz CT molecular complexity index is 1430. The molecule has 0 atom stereocenters. The highest BCUT2D eigenvalue weighted by Crippen LogP contribution is 2.34. The van der Waals surface area contributed by atoms with Crippen LogP contribution in [-0.4, -0.2) is 32.0 Å². The lowest BCUT2D eigenvalue weighted by atomic mass is 10.1. The van der Waals surface area contributed by atoms with Gasteiger partial charge in [-0.25, -0.2) is 4.68 Å². The van der Waals surface area contributed by atoms with E-state index in [1.807, 2.05) is 95.8 Å². The maximum Gasteiger partial charge on any atom is 0.265 e.